The van der Waals surface area contributed by atoms with Crippen LogP contribution in [0.5, 0.6) is 5.88 Å². The summed E-state index contributed by atoms with van der Waals surface area (Å²) in [5.41, 5.74) is 0.568. The van der Waals surface area contributed by atoms with Crippen molar-refractivity contribution < 1.29 is 5.11 Å². The molecule has 2 heterocycles. The molecule has 0 saturated heterocycles. The van der Waals surface area contributed by atoms with E-state index in [0.717, 1.165) is 0 Å². The quantitative estimate of drug-likeness (QED) is 0.531. The van der Waals surface area contributed by atoms with Gasteiger partial charge in [0.15, 0.2) is 10.5 Å². The molecule has 0 aliphatic rings. The number of hydrogen-bond acceptors (Lipinski definition) is 5. The number of nitrogens with one attached hydrogen (secondary N) is 1. The molecule has 3 aromatic rings. The highest BCUT2D eigenvalue weighted by Gasteiger charge is 2.16. The number of aromatic hydroxyl groups is 1. The van der Waals surface area contributed by atoms with Crippen LogP contribution in [0, 0.1) is 11.7 Å². The van der Waals surface area contributed by atoms with Gasteiger partial charge in [0.05, 0.1) is 11.4 Å². The molecule has 1 aromatic carbocycles. The maximum Gasteiger partial charge on any atom is 0.297 e. The number of aromatic amines is 1. The average Bonchev–Trinajstić information content (AvgIpc) is 2.85. The van der Waals surface area contributed by atoms with Crippen molar-refractivity contribution in [2.24, 2.45) is 12.0 Å². The molecule has 0 radical (unpaired) electrons. The first-order valence-corrected chi connectivity index (χ1v) is 8.71. The minimum atomic E-state index is -0.567. The second-order valence-corrected chi connectivity index (χ2v) is 6.30. The molecule has 0 atom stereocenters. The van der Waals surface area contributed by atoms with Crippen molar-refractivity contribution in [3.05, 3.63) is 67.1 Å². The number of hydrogen-bond donors (Lipinski definition) is 2. The SMILES string of the molecule is CCn1c(O)c(C=Nc2c(C)n(C)n(-c3ccccc3)c2=O)c(=O)[nH]c1=S. The largest absolute Gasteiger partial charge is 0.494 e. The second kappa shape index (κ2) is 7.20. The number of H-pyrrole nitrogens is 1. The Morgan fingerprint density at radius 2 is 1.93 bits per heavy atom. The van der Waals surface area contributed by atoms with E-state index in [0.29, 0.717) is 17.9 Å². The predicted octanol–water partition coefficient (Wildman–Crippen LogP) is 2.18. The molecule has 9 heteroatoms. The van der Waals surface area contributed by atoms with Crippen LogP contribution < -0.4 is 11.1 Å². The van der Waals surface area contributed by atoms with Gasteiger partial charge in [0.1, 0.15) is 5.56 Å². The molecule has 0 aliphatic heterocycles. The molecular formula is C18H19N5O3S. The third-order valence-corrected chi connectivity index (χ3v) is 4.69. The maximum atomic E-state index is 12.8. The maximum absolute atomic E-state index is 12.8. The summed E-state index contributed by atoms with van der Waals surface area (Å²) in [5, 5.41) is 10.3. The molecule has 27 heavy (non-hydrogen) atoms. The first kappa shape index (κ1) is 18.6. The number of rotatable bonds is 4. The normalized spacial score (nSPS) is 11.4. The number of nitrogens with zero attached hydrogens (tertiary/aromatic N) is 4. The van der Waals surface area contributed by atoms with E-state index in [1.54, 1.807) is 25.6 Å². The van der Waals surface area contributed by atoms with Crippen LogP contribution in [-0.4, -0.2) is 30.2 Å². The lowest BCUT2D eigenvalue weighted by molar-refractivity contribution is 0.408. The summed E-state index contributed by atoms with van der Waals surface area (Å²) in [6.45, 7) is 3.93. The number of para-hydroxylation sites is 1. The summed E-state index contributed by atoms with van der Waals surface area (Å²) in [7, 11) is 1.75. The van der Waals surface area contributed by atoms with Crippen molar-refractivity contribution >= 4 is 24.1 Å². The van der Waals surface area contributed by atoms with E-state index >= 15 is 0 Å². The molecule has 3 rings (SSSR count). The Balaban J connectivity index is 2.15. The van der Waals surface area contributed by atoms with E-state index < -0.39 is 5.56 Å². The van der Waals surface area contributed by atoms with Gasteiger partial charge >= 0.3 is 0 Å². The van der Waals surface area contributed by atoms with Gasteiger partial charge in [0.25, 0.3) is 11.1 Å². The van der Waals surface area contributed by atoms with Crippen LogP contribution in [0.4, 0.5) is 5.69 Å². The Morgan fingerprint density at radius 3 is 2.56 bits per heavy atom. The number of aliphatic imine (C=N–C) groups is 1. The molecule has 140 valence electrons. The zero-order valence-electron chi connectivity index (χ0n) is 15.1. The van der Waals surface area contributed by atoms with E-state index in [1.807, 2.05) is 30.3 Å². The van der Waals surface area contributed by atoms with Crippen LogP contribution in [0.1, 0.15) is 18.2 Å². The molecule has 8 nitrogen and oxygen atoms in total. The van der Waals surface area contributed by atoms with Gasteiger partial charge in [-0.1, -0.05) is 18.2 Å². The van der Waals surface area contributed by atoms with E-state index in [9.17, 15) is 14.7 Å². The fraction of sp³-hybridized carbons (Fsp3) is 0.222. The highest BCUT2D eigenvalue weighted by molar-refractivity contribution is 7.71. The summed E-state index contributed by atoms with van der Waals surface area (Å²) >= 11 is 5.03. The van der Waals surface area contributed by atoms with Gasteiger partial charge in [0, 0.05) is 19.8 Å². The number of aromatic nitrogens is 4. The molecule has 0 saturated carbocycles. The molecule has 0 spiro atoms. The zero-order valence-corrected chi connectivity index (χ0v) is 15.9. The Hall–Kier alpha value is -3.20. The highest BCUT2D eigenvalue weighted by Crippen LogP contribution is 2.18. The fourth-order valence-corrected chi connectivity index (χ4v) is 3.13. The summed E-state index contributed by atoms with van der Waals surface area (Å²) in [6.07, 6.45) is 1.19. The molecule has 2 N–H and O–H groups in total. The van der Waals surface area contributed by atoms with Crippen LogP contribution in [-0.2, 0) is 13.6 Å². The third kappa shape index (κ3) is 3.17. The molecule has 0 bridgehead atoms. The van der Waals surface area contributed by atoms with Gasteiger partial charge in [-0.3, -0.25) is 23.8 Å². The Labute approximate surface area is 159 Å². The van der Waals surface area contributed by atoms with Gasteiger partial charge in [0.2, 0.25) is 5.88 Å². The molecule has 0 fully saturated rings. The van der Waals surface area contributed by atoms with Gasteiger partial charge in [-0.2, -0.15) is 0 Å². The smallest absolute Gasteiger partial charge is 0.297 e. The summed E-state index contributed by atoms with van der Waals surface area (Å²) in [6, 6.07) is 9.17. The van der Waals surface area contributed by atoms with Crippen LogP contribution >= 0.6 is 12.2 Å². The van der Waals surface area contributed by atoms with Crippen molar-refractivity contribution in [2.75, 3.05) is 0 Å². The Morgan fingerprint density at radius 1 is 1.26 bits per heavy atom. The lowest BCUT2D eigenvalue weighted by Crippen LogP contribution is -2.19. The zero-order chi connectivity index (χ0) is 19.7. The summed E-state index contributed by atoms with van der Waals surface area (Å²) in [5.74, 6) is -0.285. The lowest BCUT2D eigenvalue weighted by atomic mass is 10.3. The van der Waals surface area contributed by atoms with Crippen molar-refractivity contribution in [3.8, 4) is 11.6 Å². The molecule has 2 aromatic heterocycles. The van der Waals surface area contributed by atoms with E-state index in [-0.39, 0.29) is 27.5 Å². The van der Waals surface area contributed by atoms with Crippen LogP contribution in [0.25, 0.3) is 5.69 Å². The predicted molar refractivity (Wildman–Crippen MR) is 106 cm³/mol. The fourth-order valence-electron chi connectivity index (χ4n) is 2.82. The monoisotopic (exact) mass is 385 g/mol. The highest BCUT2D eigenvalue weighted by atomic mass is 32.1. The van der Waals surface area contributed by atoms with Gasteiger partial charge in [-0.25, -0.2) is 9.67 Å². The van der Waals surface area contributed by atoms with Gasteiger partial charge in [-0.15, -0.1) is 0 Å². The third-order valence-electron chi connectivity index (χ3n) is 4.37. The van der Waals surface area contributed by atoms with Crippen LogP contribution in [0.2, 0.25) is 0 Å². The second-order valence-electron chi connectivity index (χ2n) is 5.91. The summed E-state index contributed by atoms with van der Waals surface area (Å²) < 4.78 is 4.68. The van der Waals surface area contributed by atoms with Gasteiger partial charge < -0.3 is 5.11 Å². The van der Waals surface area contributed by atoms with Crippen molar-refractivity contribution in [2.45, 2.75) is 20.4 Å². The minimum Gasteiger partial charge on any atom is -0.494 e. The van der Waals surface area contributed by atoms with Crippen molar-refractivity contribution in [3.63, 3.8) is 0 Å². The number of benzene rings is 1. The van der Waals surface area contributed by atoms with Crippen LogP contribution in [0.15, 0.2) is 44.9 Å². The van der Waals surface area contributed by atoms with Gasteiger partial charge in [-0.05, 0) is 38.2 Å². The topological polar surface area (TPSA) is 97.3 Å². The van der Waals surface area contributed by atoms with Crippen molar-refractivity contribution in [1.82, 2.24) is 18.9 Å². The summed E-state index contributed by atoms with van der Waals surface area (Å²) in [4.78, 5) is 31.7. The standard InChI is InChI=1S/C18H19N5O3S/c1-4-22-16(25)13(15(24)20-18(22)27)10-19-14-11(2)21(3)23(17(14)26)12-8-6-5-7-9-12/h5-10,25H,4H2,1-3H3,(H,20,24,27). The van der Waals surface area contributed by atoms with E-state index in [4.69, 9.17) is 12.2 Å². The molecule has 0 amide bonds. The van der Waals surface area contributed by atoms with Crippen molar-refractivity contribution in [1.29, 1.82) is 0 Å². The Bertz CT molecular complexity index is 1200. The average molecular weight is 385 g/mol. The molecule has 0 aliphatic carbocycles. The molecule has 0 unspecified atom stereocenters. The first-order valence-electron chi connectivity index (χ1n) is 8.31. The molecular weight excluding hydrogens is 366 g/mol. The minimum absolute atomic E-state index is 0.0561. The van der Waals surface area contributed by atoms with E-state index in [2.05, 4.69) is 9.98 Å². The van der Waals surface area contributed by atoms with Crippen LogP contribution in [0.3, 0.4) is 0 Å². The lowest BCUT2D eigenvalue weighted by Gasteiger charge is -2.07. The van der Waals surface area contributed by atoms with E-state index in [1.165, 1.54) is 15.5 Å². The first-order chi connectivity index (χ1) is 12.9. The Kier molecular flexibility index (Phi) is 4.95.